The largest absolute Gasteiger partial charge is 0.349 e. The van der Waals surface area contributed by atoms with Crippen molar-refractivity contribution < 1.29 is 14.0 Å². The second kappa shape index (κ2) is 8.65. The number of imidazole rings is 1. The molecule has 2 amide bonds. The third-order valence-electron chi connectivity index (χ3n) is 5.73. The minimum atomic E-state index is -0.281. The maximum Gasteiger partial charge on any atom is 0.225 e. The molecule has 1 aromatic heterocycles. The first-order chi connectivity index (χ1) is 14.5. The molecule has 0 unspecified atom stereocenters. The molecular weight excluding hydrogens is 383 g/mol. The summed E-state index contributed by atoms with van der Waals surface area (Å²) in [5.74, 6) is 0.247. The molecule has 1 aliphatic rings. The van der Waals surface area contributed by atoms with Crippen molar-refractivity contribution in [1.29, 1.82) is 0 Å². The maximum atomic E-state index is 13.4. The van der Waals surface area contributed by atoms with Crippen LogP contribution in [0.15, 0.2) is 48.5 Å². The lowest BCUT2D eigenvalue weighted by Crippen LogP contribution is -2.46. The van der Waals surface area contributed by atoms with Gasteiger partial charge in [-0.1, -0.05) is 24.3 Å². The van der Waals surface area contributed by atoms with Crippen molar-refractivity contribution in [3.63, 3.8) is 0 Å². The molecule has 6 nitrogen and oxygen atoms in total. The number of aryl methyl sites for hydroxylation is 1. The van der Waals surface area contributed by atoms with Crippen LogP contribution in [-0.4, -0.2) is 39.4 Å². The SMILES string of the molecule is Cn1c(CNC(=O)[C@H]2CCC(=O)N(CCc3cccc(F)c3)C2)nc2ccccc21. The fraction of sp³-hybridized carbons (Fsp3) is 0.348. The number of nitrogens with one attached hydrogen (secondary N) is 1. The Bertz CT molecular complexity index is 1080. The molecule has 2 heterocycles. The number of hydrogen-bond donors (Lipinski definition) is 1. The number of rotatable bonds is 6. The summed E-state index contributed by atoms with van der Waals surface area (Å²) in [7, 11) is 1.93. The van der Waals surface area contributed by atoms with Gasteiger partial charge in [0.1, 0.15) is 11.6 Å². The number of fused-ring (bicyclic) bond motifs is 1. The zero-order chi connectivity index (χ0) is 21.1. The number of nitrogens with zero attached hydrogens (tertiary/aromatic N) is 3. The minimum Gasteiger partial charge on any atom is -0.349 e. The van der Waals surface area contributed by atoms with Crippen LogP contribution in [0.2, 0.25) is 0 Å². The Morgan fingerprint density at radius 1 is 1.23 bits per heavy atom. The highest BCUT2D eigenvalue weighted by Gasteiger charge is 2.30. The third-order valence-corrected chi connectivity index (χ3v) is 5.73. The van der Waals surface area contributed by atoms with E-state index in [2.05, 4.69) is 10.3 Å². The highest BCUT2D eigenvalue weighted by molar-refractivity contribution is 5.84. The summed E-state index contributed by atoms with van der Waals surface area (Å²) in [4.78, 5) is 31.3. The summed E-state index contributed by atoms with van der Waals surface area (Å²) in [5, 5.41) is 2.98. The molecule has 7 heteroatoms. The first-order valence-electron chi connectivity index (χ1n) is 10.2. The first kappa shape index (κ1) is 20.1. The van der Waals surface area contributed by atoms with Crippen molar-refractivity contribution in [2.24, 2.45) is 13.0 Å². The molecule has 1 fully saturated rings. The van der Waals surface area contributed by atoms with Crippen LogP contribution >= 0.6 is 0 Å². The molecule has 2 aromatic carbocycles. The molecule has 1 N–H and O–H groups in total. The lowest BCUT2D eigenvalue weighted by Gasteiger charge is -2.32. The average molecular weight is 408 g/mol. The molecule has 1 saturated heterocycles. The van der Waals surface area contributed by atoms with Crippen molar-refractivity contribution in [2.45, 2.75) is 25.8 Å². The zero-order valence-corrected chi connectivity index (χ0v) is 17.0. The molecule has 156 valence electrons. The molecule has 30 heavy (non-hydrogen) atoms. The Morgan fingerprint density at radius 3 is 2.87 bits per heavy atom. The maximum absolute atomic E-state index is 13.4. The van der Waals surface area contributed by atoms with Gasteiger partial charge < -0.3 is 14.8 Å². The fourth-order valence-corrected chi connectivity index (χ4v) is 3.97. The number of benzene rings is 2. The Hall–Kier alpha value is -3.22. The van der Waals surface area contributed by atoms with Gasteiger partial charge in [0, 0.05) is 26.6 Å². The number of likely N-dealkylation sites (tertiary alicyclic amines) is 1. The van der Waals surface area contributed by atoms with Crippen molar-refractivity contribution in [2.75, 3.05) is 13.1 Å². The van der Waals surface area contributed by atoms with Crippen LogP contribution in [0.4, 0.5) is 4.39 Å². The first-order valence-corrected chi connectivity index (χ1v) is 10.2. The van der Waals surface area contributed by atoms with Gasteiger partial charge in [-0.3, -0.25) is 9.59 Å². The molecule has 3 aromatic rings. The third kappa shape index (κ3) is 4.35. The molecule has 1 atom stereocenters. The Balaban J connectivity index is 1.34. The second-order valence-corrected chi connectivity index (χ2v) is 7.75. The van der Waals surface area contributed by atoms with Gasteiger partial charge in [0.25, 0.3) is 0 Å². The van der Waals surface area contributed by atoms with Gasteiger partial charge in [0.2, 0.25) is 11.8 Å². The molecule has 4 rings (SSSR count). The second-order valence-electron chi connectivity index (χ2n) is 7.75. The highest BCUT2D eigenvalue weighted by atomic mass is 19.1. The van der Waals surface area contributed by atoms with Gasteiger partial charge in [0.15, 0.2) is 0 Å². The van der Waals surface area contributed by atoms with E-state index in [1.54, 1.807) is 11.0 Å². The molecule has 0 spiro atoms. The van der Waals surface area contributed by atoms with Crippen molar-refractivity contribution >= 4 is 22.8 Å². The molecule has 1 aliphatic heterocycles. The number of amides is 2. The summed E-state index contributed by atoms with van der Waals surface area (Å²) < 4.78 is 15.3. The van der Waals surface area contributed by atoms with Crippen molar-refractivity contribution in [3.05, 3.63) is 65.7 Å². The van der Waals surface area contributed by atoms with E-state index in [1.807, 2.05) is 41.9 Å². The van der Waals surface area contributed by atoms with Gasteiger partial charge in [0.05, 0.1) is 23.5 Å². The van der Waals surface area contributed by atoms with Gasteiger partial charge in [-0.15, -0.1) is 0 Å². The number of hydrogen-bond acceptors (Lipinski definition) is 3. The van der Waals surface area contributed by atoms with E-state index in [1.165, 1.54) is 12.1 Å². The zero-order valence-electron chi connectivity index (χ0n) is 17.0. The highest BCUT2D eigenvalue weighted by Crippen LogP contribution is 2.19. The Morgan fingerprint density at radius 2 is 2.07 bits per heavy atom. The smallest absolute Gasteiger partial charge is 0.225 e. The lowest BCUT2D eigenvalue weighted by atomic mass is 9.96. The summed E-state index contributed by atoms with van der Waals surface area (Å²) in [6, 6.07) is 14.2. The minimum absolute atomic E-state index is 0.0470. The number of aromatic nitrogens is 2. The van der Waals surface area contributed by atoms with Gasteiger partial charge in [-0.2, -0.15) is 0 Å². The molecule has 0 saturated carbocycles. The number of para-hydroxylation sites is 2. The summed E-state index contributed by atoms with van der Waals surface area (Å²) in [5.41, 5.74) is 2.76. The number of halogens is 1. The normalized spacial score (nSPS) is 16.8. The van der Waals surface area contributed by atoms with E-state index in [0.717, 1.165) is 22.4 Å². The van der Waals surface area contributed by atoms with E-state index in [0.29, 0.717) is 38.9 Å². The lowest BCUT2D eigenvalue weighted by molar-refractivity contribution is -0.138. The number of carbonyl (C=O) groups is 2. The van der Waals surface area contributed by atoms with Crippen LogP contribution in [0.25, 0.3) is 11.0 Å². The van der Waals surface area contributed by atoms with Crippen molar-refractivity contribution in [1.82, 2.24) is 19.8 Å². The quantitative estimate of drug-likeness (QED) is 0.682. The van der Waals surface area contributed by atoms with Crippen LogP contribution in [0.3, 0.4) is 0 Å². The summed E-state index contributed by atoms with van der Waals surface area (Å²) in [6.45, 7) is 1.22. The molecule has 0 aliphatic carbocycles. The number of piperidine rings is 1. The average Bonchev–Trinajstić information content (AvgIpc) is 3.07. The molecular formula is C23H25FN4O2. The monoisotopic (exact) mass is 408 g/mol. The van der Waals surface area contributed by atoms with E-state index in [4.69, 9.17) is 0 Å². The van der Waals surface area contributed by atoms with Gasteiger partial charge in [-0.25, -0.2) is 9.37 Å². The van der Waals surface area contributed by atoms with Crippen LogP contribution in [0.1, 0.15) is 24.2 Å². The van der Waals surface area contributed by atoms with E-state index in [9.17, 15) is 14.0 Å². The predicted octanol–water partition coefficient (Wildman–Crippen LogP) is 2.81. The van der Waals surface area contributed by atoms with Crippen molar-refractivity contribution in [3.8, 4) is 0 Å². The Kier molecular flexibility index (Phi) is 5.79. The predicted molar refractivity (Wildman–Crippen MR) is 112 cm³/mol. The van der Waals surface area contributed by atoms with Crippen LogP contribution in [0.5, 0.6) is 0 Å². The fourth-order valence-electron chi connectivity index (χ4n) is 3.97. The van der Waals surface area contributed by atoms with Crippen LogP contribution < -0.4 is 5.32 Å². The van der Waals surface area contributed by atoms with Gasteiger partial charge >= 0.3 is 0 Å². The van der Waals surface area contributed by atoms with E-state index < -0.39 is 0 Å². The summed E-state index contributed by atoms with van der Waals surface area (Å²) in [6.07, 6.45) is 1.47. The molecule has 0 radical (unpaired) electrons. The summed E-state index contributed by atoms with van der Waals surface area (Å²) >= 11 is 0. The topological polar surface area (TPSA) is 67.2 Å². The van der Waals surface area contributed by atoms with E-state index >= 15 is 0 Å². The number of carbonyl (C=O) groups excluding carboxylic acids is 2. The van der Waals surface area contributed by atoms with E-state index in [-0.39, 0.29) is 23.5 Å². The van der Waals surface area contributed by atoms with Gasteiger partial charge in [-0.05, 0) is 42.7 Å². The Labute approximate surface area is 174 Å². The standard InChI is InChI=1S/C23H25FN4O2/c1-27-20-8-3-2-7-19(20)26-21(27)14-25-23(30)17-9-10-22(29)28(15-17)12-11-16-5-4-6-18(24)13-16/h2-8,13,17H,9-12,14-15H2,1H3,(H,25,30)/t17-/m0/s1. The van der Waals surface area contributed by atoms with Crippen LogP contribution in [0, 0.1) is 11.7 Å². The molecule has 0 bridgehead atoms. The van der Waals surface area contributed by atoms with Crippen LogP contribution in [-0.2, 0) is 29.6 Å².